The van der Waals surface area contributed by atoms with E-state index in [1.165, 1.54) is 0 Å². The molecule has 2 aromatic heterocycles. The largest absolute Gasteiger partial charge is 0.326 e. The van der Waals surface area contributed by atoms with Gasteiger partial charge >= 0.3 is 0 Å². The van der Waals surface area contributed by atoms with Crippen molar-refractivity contribution in [3.05, 3.63) is 80.8 Å². The van der Waals surface area contributed by atoms with Gasteiger partial charge in [-0.15, -0.1) is 10.2 Å². The molecule has 14 heteroatoms. The molecule has 4 heterocycles. The van der Waals surface area contributed by atoms with Gasteiger partial charge in [0.1, 0.15) is 21.8 Å². The minimum absolute atomic E-state index is 0.200. The van der Waals surface area contributed by atoms with Gasteiger partial charge < -0.3 is 20.4 Å². The number of rotatable bonds is 8. The highest BCUT2D eigenvalue weighted by atomic mass is 32.1. The number of hydrogen-bond donors (Lipinski definition) is 2. The van der Waals surface area contributed by atoms with Crippen LogP contribution in [0.2, 0.25) is 0 Å². The molecule has 46 heavy (non-hydrogen) atoms. The molecular weight excluding hydrogens is 625 g/mol. The number of aromatic nitrogens is 4. The first-order valence-corrected chi connectivity index (χ1v) is 16.5. The van der Waals surface area contributed by atoms with Crippen LogP contribution in [-0.2, 0) is 9.59 Å². The lowest BCUT2D eigenvalue weighted by Crippen LogP contribution is -2.43. The lowest BCUT2D eigenvalue weighted by molar-refractivity contribution is -0.120. The van der Waals surface area contributed by atoms with Gasteiger partial charge in [-0.25, -0.2) is 0 Å². The van der Waals surface area contributed by atoms with Gasteiger partial charge in [0.25, 0.3) is 11.8 Å². The molecule has 2 aromatic carbocycles. The van der Waals surface area contributed by atoms with Crippen LogP contribution < -0.4 is 10.6 Å². The van der Waals surface area contributed by atoms with E-state index < -0.39 is 12.1 Å². The van der Waals surface area contributed by atoms with Gasteiger partial charge in [-0.2, -0.15) is 0 Å². The highest BCUT2D eigenvalue weighted by Crippen LogP contribution is 2.26. The zero-order chi connectivity index (χ0) is 32.2. The first-order valence-electron chi connectivity index (χ1n) is 15.0. The Balaban J connectivity index is 1.01. The van der Waals surface area contributed by atoms with Crippen molar-refractivity contribution < 1.29 is 19.2 Å². The molecule has 0 radical (unpaired) electrons. The van der Waals surface area contributed by atoms with E-state index in [1.54, 1.807) is 23.6 Å². The van der Waals surface area contributed by atoms with E-state index in [2.05, 4.69) is 29.8 Å². The third-order valence-corrected chi connectivity index (χ3v) is 9.78. The van der Waals surface area contributed by atoms with Crippen molar-refractivity contribution >= 4 is 70.2 Å². The van der Waals surface area contributed by atoms with Crippen molar-refractivity contribution in [2.45, 2.75) is 51.6 Å². The van der Waals surface area contributed by atoms with Crippen LogP contribution in [0.5, 0.6) is 0 Å². The number of hydrogen-bond acceptors (Lipinski definition) is 10. The van der Waals surface area contributed by atoms with E-state index >= 15 is 0 Å². The first-order chi connectivity index (χ1) is 22.3. The summed E-state index contributed by atoms with van der Waals surface area (Å²) in [6.07, 6.45) is 6.66. The van der Waals surface area contributed by atoms with Crippen LogP contribution in [0.3, 0.4) is 0 Å². The van der Waals surface area contributed by atoms with Gasteiger partial charge in [0.15, 0.2) is 0 Å². The summed E-state index contributed by atoms with van der Waals surface area (Å²) in [5, 5.41) is 13.7. The molecule has 2 aliphatic rings. The number of aryl methyl sites for hydroxylation is 2. The van der Waals surface area contributed by atoms with Gasteiger partial charge in [-0.05, 0) is 98.0 Å². The zero-order valence-electron chi connectivity index (χ0n) is 25.3. The maximum atomic E-state index is 13.1. The molecule has 2 aliphatic heterocycles. The van der Waals surface area contributed by atoms with E-state index in [4.69, 9.17) is 0 Å². The summed E-state index contributed by atoms with van der Waals surface area (Å²) in [4.78, 5) is 56.2. The van der Waals surface area contributed by atoms with Crippen LogP contribution >= 0.6 is 23.1 Å². The van der Waals surface area contributed by atoms with Gasteiger partial charge in [-0.1, -0.05) is 45.4 Å². The van der Waals surface area contributed by atoms with E-state index in [0.29, 0.717) is 58.4 Å². The third kappa shape index (κ3) is 6.72. The third-order valence-electron chi connectivity index (χ3n) is 8.15. The molecule has 0 saturated carbocycles. The van der Waals surface area contributed by atoms with Crippen LogP contribution in [-0.4, -0.2) is 77.8 Å². The van der Waals surface area contributed by atoms with Crippen molar-refractivity contribution in [1.29, 1.82) is 0 Å². The number of carbonyl (C=O) groups is 4. The summed E-state index contributed by atoms with van der Waals surface area (Å²) in [5.74, 6) is -0.825. The summed E-state index contributed by atoms with van der Waals surface area (Å²) in [6.45, 7) is 4.54. The number of anilines is 2. The van der Waals surface area contributed by atoms with Crippen LogP contribution in [0.4, 0.5) is 11.4 Å². The van der Waals surface area contributed by atoms with Crippen molar-refractivity contribution in [2.24, 2.45) is 0 Å². The van der Waals surface area contributed by atoms with E-state index in [9.17, 15) is 19.2 Å². The molecule has 0 bridgehead atoms. The Bertz CT molecular complexity index is 1650. The molecule has 12 nitrogen and oxygen atoms in total. The second-order valence-electron chi connectivity index (χ2n) is 11.2. The predicted octanol–water partition coefficient (Wildman–Crippen LogP) is 4.66. The number of likely N-dealkylation sites (tertiary alicyclic amines) is 2. The van der Waals surface area contributed by atoms with E-state index in [1.807, 2.05) is 60.7 Å². The molecule has 2 fully saturated rings. The quantitative estimate of drug-likeness (QED) is 0.260. The van der Waals surface area contributed by atoms with Gasteiger partial charge in [-0.3, -0.25) is 19.2 Å². The van der Waals surface area contributed by atoms with E-state index in [0.717, 1.165) is 47.0 Å². The molecule has 4 aromatic rings. The maximum absolute atomic E-state index is 13.1. The first kappa shape index (κ1) is 31.2. The fourth-order valence-electron chi connectivity index (χ4n) is 5.68. The fraction of sp³-hybridized carbons (Fsp3) is 0.312. The standard InChI is InChI=1S/C32H32N8O4S2/c1-19-27(45-37-35-19)31(43)39-17-3-5-25(39)29(41)33-23-13-9-21(10-14-23)7-8-22-11-15-24(16-12-22)34-30(42)26-6-4-18-40(26)32(44)28-20(2)36-38-46-28/h7-16,25-26H,3-6,17-18H2,1-2H3,(H,33,41)(H,34,42)/b8-7+/t25-,26-/m0/s1. The summed E-state index contributed by atoms with van der Waals surface area (Å²) < 4.78 is 7.69. The lowest BCUT2D eigenvalue weighted by Gasteiger charge is -2.23. The number of benzene rings is 2. The highest BCUT2D eigenvalue weighted by Gasteiger charge is 2.37. The van der Waals surface area contributed by atoms with E-state index in [-0.39, 0.29) is 23.6 Å². The summed E-state index contributed by atoms with van der Waals surface area (Å²) in [6, 6.07) is 13.9. The van der Waals surface area contributed by atoms with Crippen molar-refractivity contribution in [3.8, 4) is 0 Å². The average Bonchev–Trinajstić information content (AvgIpc) is 3.88. The zero-order valence-corrected chi connectivity index (χ0v) is 26.9. The molecule has 4 amide bonds. The Morgan fingerprint density at radius 3 is 1.41 bits per heavy atom. The van der Waals surface area contributed by atoms with Crippen molar-refractivity contribution in [2.75, 3.05) is 23.7 Å². The number of carbonyl (C=O) groups excluding carboxylic acids is 4. The molecule has 0 aliphatic carbocycles. The molecule has 2 saturated heterocycles. The molecular formula is C32H32N8O4S2. The topological polar surface area (TPSA) is 150 Å². The van der Waals surface area contributed by atoms with Crippen LogP contribution in [0.1, 0.15) is 67.5 Å². The SMILES string of the molecule is Cc1nnsc1C(=O)N1CCC[C@H]1C(=O)Nc1ccc(/C=C/c2ccc(NC(=O)[C@@H]3CCCN3C(=O)c3snnc3C)cc2)cc1. The van der Waals surface area contributed by atoms with Crippen LogP contribution in [0, 0.1) is 13.8 Å². The monoisotopic (exact) mass is 656 g/mol. The molecule has 2 N–H and O–H groups in total. The Labute approximate surface area is 273 Å². The Kier molecular flexibility index (Phi) is 9.26. The molecule has 236 valence electrons. The Hall–Kier alpha value is -4.82. The maximum Gasteiger partial charge on any atom is 0.268 e. The average molecular weight is 657 g/mol. The molecule has 0 spiro atoms. The summed E-state index contributed by atoms with van der Waals surface area (Å²) >= 11 is 2.11. The second kappa shape index (κ2) is 13.7. The molecule has 2 atom stereocenters. The number of nitrogens with zero attached hydrogens (tertiary/aromatic N) is 6. The Morgan fingerprint density at radius 1 is 0.674 bits per heavy atom. The van der Waals surface area contributed by atoms with Gasteiger partial charge in [0.2, 0.25) is 11.8 Å². The predicted molar refractivity (Wildman–Crippen MR) is 176 cm³/mol. The number of nitrogens with one attached hydrogen (secondary N) is 2. The lowest BCUT2D eigenvalue weighted by atomic mass is 10.1. The van der Waals surface area contributed by atoms with Crippen molar-refractivity contribution in [1.82, 2.24) is 29.0 Å². The highest BCUT2D eigenvalue weighted by molar-refractivity contribution is 7.08. The minimum atomic E-state index is -0.536. The minimum Gasteiger partial charge on any atom is -0.326 e. The number of amides is 4. The smallest absolute Gasteiger partial charge is 0.268 e. The molecule has 0 unspecified atom stereocenters. The Morgan fingerprint density at radius 2 is 1.07 bits per heavy atom. The summed E-state index contributed by atoms with van der Waals surface area (Å²) in [7, 11) is 0. The fourth-order valence-corrected chi connectivity index (χ4v) is 6.91. The van der Waals surface area contributed by atoms with Crippen LogP contribution in [0.25, 0.3) is 12.2 Å². The van der Waals surface area contributed by atoms with Gasteiger partial charge in [0.05, 0.1) is 11.4 Å². The van der Waals surface area contributed by atoms with Crippen molar-refractivity contribution in [3.63, 3.8) is 0 Å². The summed E-state index contributed by atoms with van der Waals surface area (Å²) in [5.41, 5.74) is 4.34. The van der Waals surface area contributed by atoms with Gasteiger partial charge in [0, 0.05) is 24.5 Å². The van der Waals surface area contributed by atoms with Crippen LogP contribution in [0.15, 0.2) is 48.5 Å². The second-order valence-corrected chi connectivity index (χ2v) is 12.8. The molecule has 6 rings (SSSR count). The normalized spacial score (nSPS) is 17.9.